The summed E-state index contributed by atoms with van der Waals surface area (Å²) in [4.78, 5) is 28.0. The first-order chi connectivity index (χ1) is 19.8. The molecule has 0 amide bonds. The van der Waals surface area contributed by atoms with Crippen molar-refractivity contribution in [2.45, 2.75) is 0 Å². The number of benzene rings is 2. The van der Waals surface area contributed by atoms with Gasteiger partial charge in [0.2, 0.25) is 0 Å². The number of aromatic nitrogens is 4. The van der Waals surface area contributed by atoms with Crippen LogP contribution in [0.15, 0.2) is 144 Å². The Hall–Kier alpha value is -5.62. The third-order valence-corrected chi connectivity index (χ3v) is 6.83. The molecule has 1 aliphatic rings. The van der Waals surface area contributed by atoms with Crippen molar-refractivity contribution < 1.29 is 0 Å². The molecule has 0 aliphatic carbocycles. The summed E-state index contributed by atoms with van der Waals surface area (Å²) < 4.78 is 0. The largest absolute Gasteiger partial charge is 0.265 e. The van der Waals surface area contributed by atoms with Gasteiger partial charge in [0.15, 0.2) is 0 Å². The minimum absolute atomic E-state index is 0.722. The number of nitrogens with zero attached hydrogens (tertiary/aromatic N) is 6. The van der Waals surface area contributed by atoms with Crippen molar-refractivity contribution in [3.63, 3.8) is 0 Å². The zero-order valence-corrected chi connectivity index (χ0v) is 21.4. The van der Waals surface area contributed by atoms with Crippen molar-refractivity contribution in [3.8, 4) is 22.3 Å². The number of rotatable bonds is 4. The van der Waals surface area contributed by atoms with Crippen LogP contribution in [-0.4, -0.2) is 31.4 Å². The predicted molar refractivity (Wildman–Crippen MR) is 158 cm³/mol. The van der Waals surface area contributed by atoms with Gasteiger partial charge in [-0.15, -0.1) is 0 Å². The molecule has 6 heteroatoms. The molecule has 40 heavy (non-hydrogen) atoms. The maximum atomic E-state index is 5.15. The average Bonchev–Trinajstić information content (AvgIpc) is 3.03. The van der Waals surface area contributed by atoms with Crippen LogP contribution < -0.4 is 0 Å². The highest BCUT2D eigenvalue weighted by atomic mass is 14.9. The molecule has 5 heterocycles. The number of pyridine rings is 4. The lowest BCUT2D eigenvalue weighted by Gasteiger charge is -2.17. The van der Waals surface area contributed by atoms with Gasteiger partial charge in [0.05, 0.1) is 22.8 Å². The van der Waals surface area contributed by atoms with E-state index in [0.29, 0.717) is 0 Å². The second kappa shape index (κ2) is 10.3. The number of hydrogen-bond acceptors (Lipinski definition) is 6. The maximum Gasteiger partial charge on any atom is 0.115 e. The Morgan fingerprint density at radius 1 is 0.325 bits per heavy atom. The monoisotopic (exact) mass is 514 g/mol. The van der Waals surface area contributed by atoms with E-state index in [1.54, 1.807) is 37.2 Å². The van der Waals surface area contributed by atoms with Crippen molar-refractivity contribution in [1.82, 2.24) is 19.9 Å². The lowest BCUT2D eigenvalue weighted by molar-refractivity contribution is 1.22. The van der Waals surface area contributed by atoms with Crippen molar-refractivity contribution in [3.05, 3.63) is 157 Å². The van der Waals surface area contributed by atoms with Crippen LogP contribution in [0.25, 0.3) is 22.3 Å². The van der Waals surface area contributed by atoms with Gasteiger partial charge in [0.1, 0.15) is 11.4 Å². The molecular weight excluding hydrogens is 492 g/mol. The van der Waals surface area contributed by atoms with Gasteiger partial charge in [0.25, 0.3) is 0 Å². The lowest BCUT2D eigenvalue weighted by atomic mass is 9.98. The molecule has 0 saturated heterocycles. The quantitative estimate of drug-likeness (QED) is 0.248. The zero-order chi connectivity index (χ0) is 26.7. The van der Waals surface area contributed by atoms with Crippen LogP contribution in [-0.2, 0) is 0 Å². The van der Waals surface area contributed by atoms with E-state index in [1.165, 1.54) is 0 Å². The van der Waals surface area contributed by atoms with E-state index in [9.17, 15) is 0 Å². The SMILES string of the molecule is c1cnc2c(c1)/N=C(/c1ccc(-c3ccncc3)cc1)c1ncccc1/N=C\2c1ccc(-c2ccncc2)cc1. The van der Waals surface area contributed by atoms with Gasteiger partial charge in [-0.2, -0.15) is 0 Å². The van der Waals surface area contributed by atoms with E-state index in [-0.39, 0.29) is 0 Å². The molecule has 0 spiro atoms. The molecule has 7 rings (SSSR count). The minimum atomic E-state index is 0.722. The fourth-order valence-corrected chi connectivity index (χ4v) is 4.82. The number of aliphatic imine (C=N–C) groups is 2. The second-order valence-corrected chi connectivity index (χ2v) is 9.29. The van der Waals surface area contributed by atoms with Crippen LogP contribution >= 0.6 is 0 Å². The summed E-state index contributed by atoms with van der Waals surface area (Å²) in [6.07, 6.45) is 10.8. The third kappa shape index (κ3) is 4.48. The van der Waals surface area contributed by atoms with Crippen LogP contribution in [0.1, 0.15) is 22.5 Å². The molecular formula is C34H22N6. The first-order valence-electron chi connectivity index (χ1n) is 12.9. The summed E-state index contributed by atoms with van der Waals surface area (Å²) >= 11 is 0. The average molecular weight is 515 g/mol. The van der Waals surface area contributed by atoms with Crippen LogP contribution in [0.5, 0.6) is 0 Å². The van der Waals surface area contributed by atoms with E-state index in [4.69, 9.17) is 20.0 Å². The molecule has 188 valence electrons. The number of hydrogen-bond donors (Lipinski definition) is 0. The van der Waals surface area contributed by atoms with Crippen LogP contribution in [0, 0.1) is 0 Å². The Kier molecular flexibility index (Phi) is 6.03. The van der Waals surface area contributed by atoms with Gasteiger partial charge in [-0.25, -0.2) is 9.98 Å². The molecule has 1 aliphatic heterocycles. The van der Waals surface area contributed by atoms with Gasteiger partial charge >= 0.3 is 0 Å². The Morgan fingerprint density at radius 2 is 0.675 bits per heavy atom. The molecule has 6 nitrogen and oxygen atoms in total. The second-order valence-electron chi connectivity index (χ2n) is 9.29. The standard InChI is InChI=1S/C34H22N6/c1-3-29-33(37-17-1)31(27-9-5-23(6-10-27)25-13-19-35-20-14-25)40-30-4-2-18-38-34(30)32(39-29)28-11-7-24(8-12-28)26-15-21-36-22-16-26/h1-22H/b33-31?,34-32?,39-29?,39-32-,40-30?,40-31-. The van der Waals surface area contributed by atoms with Crippen LogP contribution in [0.3, 0.4) is 0 Å². The van der Waals surface area contributed by atoms with E-state index in [0.717, 1.165) is 67.6 Å². The molecule has 0 saturated carbocycles. The summed E-state index contributed by atoms with van der Waals surface area (Å²) in [7, 11) is 0. The highest BCUT2D eigenvalue weighted by Gasteiger charge is 2.21. The van der Waals surface area contributed by atoms with E-state index < -0.39 is 0 Å². The fourth-order valence-electron chi connectivity index (χ4n) is 4.82. The normalized spacial score (nSPS) is 14.9. The van der Waals surface area contributed by atoms with Gasteiger partial charge in [0, 0.05) is 48.3 Å². The van der Waals surface area contributed by atoms with Gasteiger partial charge in [-0.3, -0.25) is 19.9 Å². The predicted octanol–water partition coefficient (Wildman–Crippen LogP) is 7.25. The molecule has 0 unspecified atom stereocenters. The Balaban J connectivity index is 1.34. The minimum Gasteiger partial charge on any atom is -0.265 e. The fraction of sp³-hybridized carbons (Fsp3) is 0. The van der Waals surface area contributed by atoms with Crippen molar-refractivity contribution >= 4 is 22.8 Å². The van der Waals surface area contributed by atoms with E-state index in [2.05, 4.69) is 58.5 Å². The molecule has 2 aromatic carbocycles. The zero-order valence-electron chi connectivity index (χ0n) is 21.4. The Bertz CT molecular complexity index is 1720. The molecule has 0 N–H and O–H groups in total. The lowest BCUT2D eigenvalue weighted by Crippen LogP contribution is -2.12. The third-order valence-electron chi connectivity index (χ3n) is 6.83. The first-order valence-corrected chi connectivity index (χ1v) is 12.9. The van der Waals surface area contributed by atoms with Crippen LogP contribution in [0.2, 0.25) is 0 Å². The molecule has 4 aromatic heterocycles. The van der Waals surface area contributed by atoms with Crippen LogP contribution in [0.4, 0.5) is 11.4 Å². The Morgan fingerprint density at radius 3 is 1.07 bits per heavy atom. The molecule has 0 atom stereocenters. The summed E-state index contributed by atoms with van der Waals surface area (Å²) in [6, 6.07) is 32.4. The summed E-state index contributed by atoms with van der Waals surface area (Å²) in [5.74, 6) is 0. The summed E-state index contributed by atoms with van der Waals surface area (Å²) in [5.41, 5.74) is 10.8. The Labute approximate surface area is 231 Å². The topological polar surface area (TPSA) is 76.3 Å². The smallest absolute Gasteiger partial charge is 0.115 e. The van der Waals surface area contributed by atoms with Crippen molar-refractivity contribution in [2.75, 3.05) is 0 Å². The maximum absolute atomic E-state index is 5.15. The highest BCUT2D eigenvalue weighted by Crippen LogP contribution is 2.32. The summed E-state index contributed by atoms with van der Waals surface area (Å²) in [5, 5.41) is 0. The first kappa shape index (κ1) is 23.5. The molecule has 0 bridgehead atoms. The van der Waals surface area contributed by atoms with Gasteiger partial charge < -0.3 is 0 Å². The van der Waals surface area contributed by atoms with Crippen molar-refractivity contribution in [2.24, 2.45) is 9.98 Å². The highest BCUT2D eigenvalue weighted by molar-refractivity contribution is 6.21. The van der Waals surface area contributed by atoms with E-state index in [1.807, 2.05) is 48.5 Å². The van der Waals surface area contributed by atoms with Crippen molar-refractivity contribution in [1.29, 1.82) is 0 Å². The van der Waals surface area contributed by atoms with Gasteiger partial charge in [-0.05, 0) is 70.8 Å². The van der Waals surface area contributed by atoms with E-state index >= 15 is 0 Å². The molecule has 6 aromatic rings. The molecule has 0 fully saturated rings. The molecule has 0 radical (unpaired) electrons. The van der Waals surface area contributed by atoms with Gasteiger partial charge in [-0.1, -0.05) is 48.5 Å². The summed E-state index contributed by atoms with van der Waals surface area (Å²) in [6.45, 7) is 0. The number of fused-ring (bicyclic) bond motifs is 2.